The van der Waals surface area contributed by atoms with E-state index in [1.165, 1.54) is 17.7 Å². The molecule has 43 heavy (non-hydrogen) atoms. The van der Waals surface area contributed by atoms with E-state index >= 15 is 0 Å². The summed E-state index contributed by atoms with van der Waals surface area (Å²) in [5.41, 5.74) is 3.61. The number of alkyl halides is 3. The molecule has 1 aromatic heterocycles. The van der Waals surface area contributed by atoms with E-state index in [1.807, 2.05) is 61.7 Å². The number of amides is 2. The molecule has 0 aliphatic carbocycles. The Morgan fingerprint density at radius 1 is 0.767 bits per heavy atom. The molecule has 1 N–H and O–H groups in total. The molecule has 3 aromatic carbocycles. The SMILES string of the molecule is CCCCCc1ccc(C(=O)N(CCC)CC(=O)N(CCc2c[nH]c3ccccc23)Cc2ccc(C(F)(F)F)cc2)cc1. The van der Waals surface area contributed by atoms with E-state index in [4.69, 9.17) is 0 Å². The van der Waals surface area contributed by atoms with Gasteiger partial charge in [0.2, 0.25) is 5.91 Å². The van der Waals surface area contributed by atoms with E-state index in [0.717, 1.165) is 54.3 Å². The van der Waals surface area contributed by atoms with Gasteiger partial charge in [0.1, 0.15) is 6.54 Å². The molecule has 0 aliphatic rings. The van der Waals surface area contributed by atoms with Gasteiger partial charge in [-0.3, -0.25) is 9.59 Å². The topological polar surface area (TPSA) is 56.4 Å². The minimum Gasteiger partial charge on any atom is -0.361 e. The summed E-state index contributed by atoms with van der Waals surface area (Å²) in [4.78, 5) is 33.7. The number of carbonyl (C=O) groups excluding carboxylic acids is 2. The average molecular weight is 592 g/mol. The number of hydrogen-bond acceptors (Lipinski definition) is 2. The van der Waals surface area contributed by atoms with E-state index in [2.05, 4.69) is 11.9 Å². The summed E-state index contributed by atoms with van der Waals surface area (Å²) in [6.45, 7) is 4.91. The maximum atomic E-state index is 13.8. The van der Waals surface area contributed by atoms with Crippen LogP contribution in [-0.2, 0) is 30.4 Å². The van der Waals surface area contributed by atoms with Crippen LogP contribution in [-0.4, -0.2) is 46.2 Å². The average Bonchev–Trinajstić information content (AvgIpc) is 3.42. The highest BCUT2D eigenvalue weighted by atomic mass is 19.4. The fourth-order valence-electron chi connectivity index (χ4n) is 5.27. The number of H-pyrrole nitrogens is 1. The van der Waals surface area contributed by atoms with Crippen LogP contribution in [0.5, 0.6) is 0 Å². The van der Waals surface area contributed by atoms with Crippen molar-refractivity contribution in [3.05, 3.63) is 107 Å². The molecule has 228 valence electrons. The molecule has 0 saturated carbocycles. The van der Waals surface area contributed by atoms with Crippen molar-refractivity contribution in [2.24, 2.45) is 0 Å². The minimum atomic E-state index is -4.43. The number of carbonyl (C=O) groups is 2. The van der Waals surface area contributed by atoms with Crippen LogP contribution in [0.2, 0.25) is 0 Å². The molecule has 0 atom stereocenters. The monoisotopic (exact) mass is 591 g/mol. The molecule has 1 heterocycles. The van der Waals surface area contributed by atoms with Gasteiger partial charge in [0.15, 0.2) is 0 Å². The van der Waals surface area contributed by atoms with Gasteiger partial charge < -0.3 is 14.8 Å². The number of benzene rings is 3. The Kier molecular flexibility index (Phi) is 11.0. The quantitative estimate of drug-likeness (QED) is 0.151. The largest absolute Gasteiger partial charge is 0.416 e. The predicted octanol–water partition coefficient (Wildman–Crippen LogP) is 8.04. The number of hydrogen-bond donors (Lipinski definition) is 1. The number of unbranched alkanes of at least 4 members (excludes halogenated alkanes) is 2. The zero-order chi connectivity index (χ0) is 30.8. The van der Waals surface area contributed by atoms with Crippen LogP contribution < -0.4 is 0 Å². The van der Waals surface area contributed by atoms with Crippen LogP contribution in [0.4, 0.5) is 13.2 Å². The summed E-state index contributed by atoms with van der Waals surface area (Å²) in [6.07, 6.45) is 3.11. The van der Waals surface area contributed by atoms with E-state index in [0.29, 0.717) is 37.1 Å². The second-order valence-electron chi connectivity index (χ2n) is 11.0. The molecule has 0 spiro atoms. The first kappa shape index (κ1) is 31.9. The Morgan fingerprint density at radius 2 is 1.47 bits per heavy atom. The molecule has 0 fully saturated rings. The molecule has 0 bridgehead atoms. The Hall–Kier alpha value is -4.07. The van der Waals surface area contributed by atoms with Crippen LogP contribution in [0.25, 0.3) is 10.9 Å². The van der Waals surface area contributed by atoms with Gasteiger partial charge in [0.05, 0.1) is 5.56 Å². The molecule has 0 aliphatic heterocycles. The van der Waals surface area contributed by atoms with Crippen LogP contribution in [0.3, 0.4) is 0 Å². The highest BCUT2D eigenvalue weighted by molar-refractivity contribution is 5.96. The smallest absolute Gasteiger partial charge is 0.361 e. The van der Waals surface area contributed by atoms with Crippen LogP contribution in [0.15, 0.2) is 79.0 Å². The lowest BCUT2D eigenvalue weighted by atomic mass is 10.0. The lowest BCUT2D eigenvalue weighted by molar-refractivity contribution is -0.137. The van der Waals surface area contributed by atoms with Gasteiger partial charge in [0, 0.05) is 42.3 Å². The van der Waals surface area contributed by atoms with Gasteiger partial charge >= 0.3 is 6.18 Å². The highest BCUT2D eigenvalue weighted by Gasteiger charge is 2.30. The van der Waals surface area contributed by atoms with Crippen molar-refractivity contribution in [1.82, 2.24) is 14.8 Å². The van der Waals surface area contributed by atoms with Crippen molar-refractivity contribution in [3.63, 3.8) is 0 Å². The first-order valence-corrected chi connectivity index (χ1v) is 15.1. The number of aromatic amines is 1. The Morgan fingerprint density at radius 3 is 2.14 bits per heavy atom. The van der Waals surface area contributed by atoms with E-state index < -0.39 is 11.7 Å². The molecule has 0 unspecified atom stereocenters. The summed E-state index contributed by atoms with van der Waals surface area (Å²) >= 11 is 0. The van der Waals surface area contributed by atoms with E-state index in [9.17, 15) is 22.8 Å². The van der Waals surface area contributed by atoms with E-state index in [-0.39, 0.29) is 24.9 Å². The molecule has 2 amide bonds. The number of nitrogens with one attached hydrogen (secondary N) is 1. The van der Waals surface area contributed by atoms with Gasteiger partial charge in [-0.2, -0.15) is 13.2 Å². The van der Waals surface area contributed by atoms with Gasteiger partial charge in [-0.1, -0.05) is 69.2 Å². The summed E-state index contributed by atoms with van der Waals surface area (Å²) in [6, 6.07) is 20.4. The number of halogens is 3. The Balaban J connectivity index is 1.51. The molecular weight excluding hydrogens is 551 g/mol. The maximum Gasteiger partial charge on any atom is 0.416 e. The van der Waals surface area contributed by atoms with Crippen LogP contribution in [0.1, 0.15) is 72.1 Å². The van der Waals surface area contributed by atoms with Crippen molar-refractivity contribution in [1.29, 1.82) is 0 Å². The summed E-state index contributed by atoms with van der Waals surface area (Å²) < 4.78 is 39.4. The molecule has 5 nitrogen and oxygen atoms in total. The molecule has 4 rings (SSSR count). The van der Waals surface area contributed by atoms with Crippen molar-refractivity contribution in [2.75, 3.05) is 19.6 Å². The predicted molar refractivity (Wildman–Crippen MR) is 165 cm³/mol. The summed E-state index contributed by atoms with van der Waals surface area (Å²) in [5.74, 6) is -0.459. The number of fused-ring (bicyclic) bond motifs is 1. The Labute approximate surface area is 251 Å². The molecule has 0 saturated heterocycles. The van der Waals surface area contributed by atoms with Crippen molar-refractivity contribution in [2.45, 2.75) is 65.1 Å². The number of rotatable bonds is 14. The van der Waals surface area contributed by atoms with Crippen molar-refractivity contribution in [3.8, 4) is 0 Å². The van der Waals surface area contributed by atoms with Gasteiger partial charge in [0.25, 0.3) is 5.91 Å². The maximum absolute atomic E-state index is 13.8. The standard InChI is InChI=1S/C35H40F3N3O2/c1-3-5-6-9-26-12-16-28(17-13-26)34(43)41(21-4-2)25-33(42)40(24-27-14-18-30(19-15-27)35(36,37)38)22-20-29-23-39-32-11-8-7-10-31(29)32/h7-8,10-19,23,39H,3-6,9,20-22,24-25H2,1-2H3. The lowest BCUT2D eigenvalue weighted by Crippen LogP contribution is -2.43. The van der Waals surface area contributed by atoms with Crippen LogP contribution >= 0.6 is 0 Å². The zero-order valence-electron chi connectivity index (χ0n) is 24.9. The first-order valence-electron chi connectivity index (χ1n) is 15.1. The fraction of sp³-hybridized carbons (Fsp3) is 0.371. The summed E-state index contributed by atoms with van der Waals surface area (Å²) in [5, 5.41) is 1.06. The third kappa shape index (κ3) is 8.72. The van der Waals surface area contributed by atoms with E-state index in [1.54, 1.807) is 9.80 Å². The second-order valence-corrected chi connectivity index (χ2v) is 11.0. The van der Waals surface area contributed by atoms with Crippen molar-refractivity contribution < 1.29 is 22.8 Å². The lowest BCUT2D eigenvalue weighted by Gasteiger charge is -2.28. The first-order chi connectivity index (χ1) is 20.7. The van der Waals surface area contributed by atoms with Gasteiger partial charge in [-0.25, -0.2) is 0 Å². The highest BCUT2D eigenvalue weighted by Crippen LogP contribution is 2.29. The minimum absolute atomic E-state index is 0.112. The second kappa shape index (κ2) is 14.9. The normalized spacial score (nSPS) is 11.6. The summed E-state index contributed by atoms with van der Waals surface area (Å²) in [7, 11) is 0. The number of aromatic nitrogens is 1. The number of para-hydroxylation sites is 1. The van der Waals surface area contributed by atoms with Crippen molar-refractivity contribution >= 4 is 22.7 Å². The third-order valence-electron chi connectivity index (χ3n) is 7.71. The number of nitrogens with zero attached hydrogens (tertiary/aromatic N) is 2. The Bertz CT molecular complexity index is 1480. The molecule has 0 radical (unpaired) electrons. The van der Waals surface area contributed by atoms with Gasteiger partial charge in [-0.05, 0) is 72.7 Å². The van der Waals surface area contributed by atoms with Crippen LogP contribution in [0, 0.1) is 0 Å². The number of aryl methyl sites for hydroxylation is 1. The third-order valence-corrected chi connectivity index (χ3v) is 7.71. The van der Waals surface area contributed by atoms with Gasteiger partial charge in [-0.15, -0.1) is 0 Å². The zero-order valence-corrected chi connectivity index (χ0v) is 24.9. The molecule has 4 aromatic rings. The molecule has 8 heteroatoms. The molecular formula is C35H40F3N3O2. The fourth-order valence-corrected chi connectivity index (χ4v) is 5.27.